The van der Waals surface area contributed by atoms with E-state index >= 15 is 0 Å². The number of likely N-dealkylation sites (tertiary alicyclic amines) is 1. The summed E-state index contributed by atoms with van der Waals surface area (Å²) in [6.45, 7) is 7.54. The topological polar surface area (TPSA) is 66.9 Å². The zero-order chi connectivity index (χ0) is 26.5. The number of rotatable bonds is 7. The molecule has 0 spiro atoms. The van der Waals surface area contributed by atoms with Crippen molar-refractivity contribution < 1.29 is 20.1 Å². The van der Waals surface area contributed by atoms with Crippen molar-refractivity contribution in [3.05, 3.63) is 48.3 Å². The van der Waals surface area contributed by atoms with Gasteiger partial charge in [-0.1, -0.05) is 13.8 Å². The molecule has 3 heterocycles. The van der Waals surface area contributed by atoms with Gasteiger partial charge in [-0.2, -0.15) is 0 Å². The van der Waals surface area contributed by atoms with E-state index in [1.807, 2.05) is 63.2 Å². The van der Waals surface area contributed by atoms with Crippen molar-refractivity contribution in [2.45, 2.75) is 20.3 Å². The van der Waals surface area contributed by atoms with Gasteiger partial charge in [-0.25, -0.2) is 9.37 Å². The van der Waals surface area contributed by atoms with Crippen molar-refractivity contribution >= 4 is 22.5 Å². The number of nitrogens with zero attached hydrogens (tertiary/aromatic N) is 3. The van der Waals surface area contributed by atoms with E-state index in [4.69, 9.17) is 14.5 Å². The van der Waals surface area contributed by atoms with Crippen LogP contribution in [0.3, 0.4) is 0 Å². The molecule has 2 saturated heterocycles. The molecule has 2 atom stereocenters. The van der Waals surface area contributed by atoms with Gasteiger partial charge in [0.05, 0.1) is 24.2 Å². The number of nitrogens with one attached hydrogen (secondary N) is 1. The molecule has 2 fully saturated rings. The van der Waals surface area contributed by atoms with Gasteiger partial charge in [0.2, 0.25) is 5.91 Å². The van der Waals surface area contributed by atoms with E-state index in [0.29, 0.717) is 24.6 Å². The molecular formula is C29H39FN4O3. The Hall–Kier alpha value is -3.39. The van der Waals surface area contributed by atoms with E-state index in [-0.39, 0.29) is 19.0 Å². The zero-order valence-corrected chi connectivity index (χ0v) is 22.4. The Bertz CT molecular complexity index is 1240. The second kappa shape index (κ2) is 11.8. The number of carbonyl (C=O) groups is 1. The lowest BCUT2D eigenvalue weighted by molar-refractivity contribution is -0.137. The number of carbonyl (C=O) groups excluding carboxylic acids is 1. The Kier molecular flexibility index (Phi) is 8.48. The first kappa shape index (κ1) is 26.7. The van der Waals surface area contributed by atoms with E-state index in [9.17, 15) is 9.18 Å². The minimum absolute atomic E-state index is 0. The molecule has 2 aliphatic rings. The molecule has 5 rings (SSSR count). The number of fused-ring (bicyclic) bond motifs is 2. The molecule has 0 bridgehead atoms. The van der Waals surface area contributed by atoms with Crippen LogP contribution in [0.1, 0.15) is 21.7 Å². The number of anilines is 1. The highest BCUT2D eigenvalue weighted by Gasteiger charge is 2.42. The number of methoxy groups -OCH3 is 1. The van der Waals surface area contributed by atoms with Crippen LogP contribution in [0.25, 0.3) is 22.2 Å². The van der Waals surface area contributed by atoms with Crippen LogP contribution < -0.4 is 19.7 Å². The van der Waals surface area contributed by atoms with E-state index in [0.717, 1.165) is 54.1 Å². The van der Waals surface area contributed by atoms with E-state index in [1.165, 1.54) is 13.2 Å². The first-order valence-electron chi connectivity index (χ1n) is 13.0. The Labute approximate surface area is 220 Å². The van der Waals surface area contributed by atoms with Gasteiger partial charge in [0.15, 0.2) is 11.6 Å². The van der Waals surface area contributed by atoms with Crippen molar-refractivity contribution in [3.8, 4) is 22.8 Å². The van der Waals surface area contributed by atoms with Crippen molar-refractivity contribution in [1.29, 1.82) is 0 Å². The van der Waals surface area contributed by atoms with Crippen LogP contribution in [0.4, 0.5) is 10.1 Å². The van der Waals surface area contributed by atoms with Gasteiger partial charge in [0.1, 0.15) is 12.4 Å². The summed E-state index contributed by atoms with van der Waals surface area (Å²) in [6.07, 6.45) is 0.983. The van der Waals surface area contributed by atoms with Gasteiger partial charge in [0.25, 0.3) is 0 Å². The third-order valence-electron chi connectivity index (χ3n) is 7.14. The summed E-state index contributed by atoms with van der Waals surface area (Å²) in [7, 11) is 5.21. The van der Waals surface area contributed by atoms with Gasteiger partial charge in [0, 0.05) is 57.4 Å². The van der Waals surface area contributed by atoms with Crippen LogP contribution in [-0.4, -0.2) is 69.8 Å². The maximum Gasteiger partial charge on any atom is 0.227 e. The lowest BCUT2D eigenvalue weighted by Crippen LogP contribution is -2.42. The lowest BCUT2D eigenvalue weighted by Gasteiger charge is -2.30. The summed E-state index contributed by atoms with van der Waals surface area (Å²) in [5.41, 5.74) is 3.26. The number of aromatic nitrogens is 1. The van der Waals surface area contributed by atoms with Crippen LogP contribution in [0.15, 0.2) is 42.5 Å². The number of benzene rings is 2. The largest absolute Gasteiger partial charge is 0.494 e. The summed E-state index contributed by atoms with van der Waals surface area (Å²) in [5.74, 6) is 1.00. The molecule has 0 radical (unpaired) electrons. The number of pyridine rings is 1. The average Bonchev–Trinajstić information content (AvgIpc) is 3.36. The number of likely N-dealkylation sites (N-methyl/N-ethyl adjacent to an activating group) is 1. The average molecular weight is 511 g/mol. The normalized spacial score (nSPS) is 18.9. The highest BCUT2D eigenvalue weighted by atomic mass is 19.1. The molecule has 2 aliphatic heterocycles. The predicted octanol–water partition coefficient (Wildman–Crippen LogP) is 4.83. The summed E-state index contributed by atoms with van der Waals surface area (Å²) in [5, 5.41) is 3.78. The van der Waals surface area contributed by atoms with Gasteiger partial charge in [-0.05, 0) is 55.8 Å². The van der Waals surface area contributed by atoms with Gasteiger partial charge in [-0.15, -0.1) is 0 Å². The number of piperidine rings is 1. The quantitative estimate of drug-likeness (QED) is 0.459. The maximum absolute atomic E-state index is 14.7. The molecule has 0 saturated carbocycles. The Morgan fingerprint density at radius 2 is 1.92 bits per heavy atom. The number of halogens is 1. The minimum atomic E-state index is -0.425. The summed E-state index contributed by atoms with van der Waals surface area (Å²) >= 11 is 0. The Morgan fingerprint density at radius 3 is 2.62 bits per heavy atom. The molecule has 1 aromatic heterocycles. The lowest BCUT2D eigenvalue weighted by atomic mass is 9.88. The van der Waals surface area contributed by atoms with Crippen LogP contribution in [0, 0.1) is 17.7 Å². The number of ether oxygens (including phenoxy) is 2. The number of hydrogen-bond acceptors (Lipinski definition) is 6. The first-order chi connectivity index (χ1) is 18.0. The van der Waals surface area contributed by atoms with Crippen LogP contribution in [-0.2, 0) is 4.79 Å². The summed E-state index contributed by atoms with van der Waals surface area (Å²) < 4.78 is 25.7. The summed E-state index contributed by atoms with van der Waals surface area (Å²) in [6, 6.07) is 13.0. The van der Waals surface area contributed by atoms with Crippen LogP contribution in [0.5, 0.6) is 11.5 Å². The fraction of sp³-hybridized carbons (Fsp3) is 0.448. The third kappa shape index (κ3) is 5.49. The standard InChI is InChI=1S/C27H31FN4O3.C2H6.H2/c1-29-9-11-35-19-6-4-17(5-7-19)23-13-25(20-12-22(28)26(34-3)14-24(20)30-23)32-15-18-8-10-31(2)27(33)21(18)16-32;1-2;/h4-7,12-14,18,21,29H,8-11,15-16H2,1-3H3;1-2H3;1H/t18-,21+;;/m1../s1. The number of amides is 1. The van der Waals surface area contributed by atoms with Crippen molar-refractivity contribution in [2.75, 3.05) is 58.9 Å². The molecule has 0 unspecified atom stereocenters. The smallest absolute Gasteiger partial charge is 0.227 e. The van der Waals surface area contributed by atoms with Crippen LogP contribution >= 0.6 is 0 Å². The van der Waals surface area contributed by atoms with Gasteiger partial charge < -0.3 is 24.6 Å². The molecule has 1 amide bonds. The molecule has 7 nitrogen and oxygen atoms in total. The minimum Gasteiger partial charge on any atom is -0.494 e. The maximum atomic E-state index is 14.7. The third-order valence-corrected chi connectivity index (χ3v) is 7.14. The highest BCUT2D eigenvalue weighted by Crippen LogP contribution is 2.40. The Morgan fingerprint density at radius 1 is 1.16 bits per heavy atom. The second-order valence-corrected chi connectivity index (χ2v) is 9.33. The van der Waals surface area contributed by atoms with E-state index in [2.05, 4.69) is 10.2 Å². The van der Waals surface area contributed by atoms with Crippen molar-refractivity contribution in [1.82, 2.24) is 15.2 Å². The molecule has 2 aromatic carbocycles. The van der Waals surface area contributed by atoms with Gasteiger partial charge >= 0.3 is 0 Å². The molecular weight excluding hydrogens is 471 g/mol. The van der Waals surface area contributed by atoms with E-state index < -0.39 is 5.82 Å². The monoisotopic (exact) mass is 510 g/mol. The molecule has 1 N–H and O–H groups in total. The second-order valence-electron chi connectivity index (χ2n) is 9.33. The highest BCUT2D eigenvalue weighted by molar-refractivity contribution is 5.96. The first-order valence-corrected chi connectivity index (χ1v) is 13.0. The number of hydrogen-bond donors (Lipinski definition) is 1. The van der Waals surface area contributed by atoms with Gasteiger partial charge in [-0.3, -0.25) is 4.79 Å². The molecule has 8 heteroatoms. The zero-order valence-electron chi connectivity index (χ0n) is 22.4. The van der Waals surface area contributed by atoms with Crippen LogP contribution in [0.2, 0.25) is 0 Å². The van der Waals surface area contributed by atoms with Crippen molar-refractivity contribution in [2.24, 2.45) is 11.8 Å². The fourth-order valence-corrected chi connectivity index (χ4v) is 5.16. The fourth-order valence-electron chi connectivity index (χ4n) is 5.16. The van der Waals surface area contributed by atoms with Crippen molar-refractivity contribution in [3.63, 3.8) is 0 Å². The molecule has 0 aliphatic carbocycles. The molecule has 3 aromatic rings. The summed E-state index contributed by atoms with van der Waals surface area (Å²) in [4.78, 5) is 21.7. The SMILES string of the molecule is CC.CNCCOc1ccc(-c2cc(N3C[C@H]4CCN(C)C(=O)[C@H]4C3)c3cc(F)c(OC)cc3n2)cc1.[HH]. The predicted molar refractivity (Wildman–Crippen MR) is 148 cm³/mol. The van der Waals surface area contributed by atoms with E-state index in [1.54, 1.807) is 6.07 Å². The molecule has 200 valence electrons. The molecule has 37 heavy (non-hydrogen) atoms. The Balaban J connectivity index is 0.00000130.